The van der Waals surface area contributed by atoms with E-state index in [0.29, 0.717) is 0 Å². The fourth-order valence-electron chi connectivity index (χ4n) is 7.59. The summed E-state index contributed by atoms with van der Waals surface area (Å²) < 4.78 is 32.7. The Morgan fingerprint density at radius 3 is 1.43 bits per heavy atom. The zero-order valence-corrected chi connectivity index (χ0v) is 36.6. The first kappa shape index (κ1) is 34.9. The number of hydrogen-bond acceptors (Lipinski definition) is 12. The lowest BCUT2D eigenvalue weighted by Gasteiger charge is -2.31. The summed E-state index contributed by atoms with van der Waals surface area (Å²) in [6.45, 7) is 22.2. The Bertz CT molecular complexity index is 2830. The molecular weight excluding hydrogens is 785 g/mol. The van der Waals surface area contributed by atoms with Crippen LogP contribution in [0.2, 0.25) is 0 Å². The van der Waals surface area contributed by atoms with Gasteiger partial charge in [-0.3, -0.25) is 0 Å². The third kappa shape index (κ3) is 5.24. The molecule has 54 heavy (non-hydrogen) atoms. The van der Waals surface area contributed by atoms with Gasteiger partial charge in [0.2, 0.25) is 0 Å². The lowest BCUT2D eigenvalue weighted by molar-refractivity contribution is 0.107. The van der Waals surface area contributed by atoms with Gasteiger partial charge in [0, 0.05) is 47.3 Å². The summed E-state index contributed by atoms with van der Waals surface area (Å²) in [5.74, 6) is 1.91. The molecule has 0 saturated carbocycles. The fourth-order valence-corrected chi connectivity index (χ4v) is 14.0. The van der Waals surface area contributed by atoms with Crippen LogP contribution in [0.3, 0.4) is 0 Å². The zero-order chi connectivity index (χ0) is 37.7. The van der Waals surface area contributed by atoms with Crippen molar-refractivity contribution in [3.05, 3.63) is 70.1 Å². The largest absolute Gasteiger partial charge is 0.482 e. The van der Waals surface area contributed by atoms with Gasteiger partial charge < -0.3 is 9.47 Å². The lowest BCUT2D eigenvalue weighted by atomic mass is 9.85. The molecule has 2 aliphatic heterocycles. The molecule has 6 nitrogen and oxygen atoms in total. The van der Waals surface area contributed by atoms with Gasteiger partial charge in [-0.2, -0.15) is 17.5 Å². The van der Waals surface area contributed by atoms with E-state index in [2.05, 4.69) is 118 Å². The van der Waals surface area contributed by atoms with Crippen molar-refractivity contribution >= 4 is 90.9 Å². The monoisotopic (exact) mass is 822 g/mol. The van der Waals surface area contributed by atoms with E-state index in [-0.39, 0.29) is 10.8 Å². The number of rotatable bonds is 3. The van der Waals surface area contributed by atoms with Crippen LogP contribution in [0.25, 0.3) is 72.9 Å². The molecule has 6 aromatic heterocycles. The van der Waals surface area contributed by atoms with E-state index >= 15 is 0 Å². The minimum Gasteiger partial charge on any atom is -0.482 e. The maximum absolute atomic E-state index is 6.77. The Kier molecular flexibility index (Phi) is 7.45. The summed E-state index contributed by atoms with van der Waals surface area (Å²) >= 11 is 9.86. The van der Waals surface area contributed by atoms with Gasteiger partial charge in [0.25, 0.3) is 0 Å². The molecule has 0 N–H and O–H groups in total. The molecule has 0 spiro atoms. The van der Waals surface area contributed by atoms with E-state index in [1.54, 1.807) is 11.3 Å². The molecule has 10 rings (SSSR count). The Balaban J connectivity index is 1.06. The number of aromatic nitrogens is 4. The molecule has 2 aliphatic rings. The van der Waals surface area contributed by atoms with Gasteiger partial charge in [-0.1, -0.05) is 65.8 Å². The zero-order valence-electron chi connectivity index (χ0n) is 31.7. The van der Waals surface area contributed by atoms with E-state index < -0.39 is 11.2 Å². The highest BCUT2D eigenvalue weighted by Gasteiger charge is 2.39. The molecule has 274 valence electrons. The van der Waals surface area contributed by atoms with Gasteiger partial charge in [-0.15, -0.1) is 45.3 Å². The Morgan fingerprint density at radius 1 is 0.481 bits per heavy atom. The normalized spacial score (nSPS) is 15.8. The van der Waals surface area contributed by atoms with Crippen molar-refractivity contribution in [3.8, 4) is 62.3 Å². The third-order valence-electron chi connectivity index (χ3n) is 10.5. The first-order chi connectivity index (χ1) is 25.5. The van der Waals surface area contributed by atoms with Crippen LogP contribution in [0.15, 0.2) is 48.5 Å². The Hall–Kier alpha value is -3.52. The minimum absolute atomic E-state index is 0.0210. The SMILES string of the molecule is CC(C)(C)c1cc2c(s1)-c1sc(-c3ccc(-c4cc5c(s4)-c4sc(-c6ccc(C(C)(C)C)c7nsnc67)cc4OC5(C)C)c4nsnc34)cc1C(C)(C)O2. The van der Waals surface area contributed by atoms with E-state index in [4.69, 9.17) is 27.0 Å². The second kappa shape index (κ2) is 11.5. The van der Waals surface area contributed by atoms with E-state index in [1.165, 1.54) is 69.4 Å². The van der Waals surface area contributed by atoms with Gasteiger partial charge in [0.1, 0.15) is 44.8 Å². The number of thiophene rings is 4. The average molecular weight is 823 g/mol. The first-order valence-electron chi connectivity index (χ1n) is 18.0. The highest BCUT2D eigenvalue weighted by atomic mass is 32.1. The molecule has 2 aromatic carbocycles. The van der Waals surface area contributed by atoms with Crippen LogP contribution in [-0.2, 0) is 22.0 Å². The van der Waals surface area contributed by atoms with E-state index in [1.807, 2.05) is 34.0 Å². The van der Waals surface area contributed by atoms with Crippen molar-refractivity contribution in [2.75, 3.05) is 0 Å². The van der Waals surface area contributed by atoms with Crippen molar-refractivity contribution in [2.24, 2.45) is 0 Å². The predicted octanol–water partition coefficient (Wildman–Crippen LogP) is 14.1. The Morgan fingerprint density at radius 2 is 0.907 bits per heavy atom. The maximum atomic E-state index is 6.77. The van der Waals surface area contributed by atoms with Gasteiger partial charge in [0.15, 0.2) is 0 Å². The van der Waals surface area contributed by atoms with Crippen LogP contribution in [0.1, 0.15) is 90.8 Å². The number of nitrogens with zero attached hydrogens (tertiary/aromatic N) is 4. The second-order valence-electron chi connectivity index (χ2n) is 17.3. The summed E-state index contributed by atoms with van der Waals surface area (Å²) in [4.78, 5) is 9.78. The minimum atomic E-state index is -0.499. The summed E-state index contributed by atoms with van der Waals surface area (Å²) in [7, 11) is 0. The van der Waals surface area contributed by atoms with Crippen LogP contribution in [0.4, 0.5) is 0 Å². The molecule has 12 heteroatoms. The predicted molar refractivity (Wildman–Crippen MR) is 232 cm³/mol. The van der Waals surface area contributed by atoms with Gasteiger partial charge >= 0.3 is 0 Å². The van der Waals surface area contributed by atoms with Crippen LogP contribution in [0.5, 0.6) is 11.5 Å². The highest BCUT2D eigenvalue weighted by molar-refractivity contribution is 7.26. The van der Waals surface area contributed by atoms with Crippen molar-refractivity contribution in [1.82, 2.24) is 17.5 Å². The van der Waals surface area contributed by atoms with Crippen molar-refractivity contribution in [1.29, 1.82) is 0 Å². The second-order valence-corrected chi connectivity index (χ2v) is 22.5. The van der Waals surface area contributed by atoms with E-state index in [0.717, 1.165) is 60.0 Å². The van der Waals surface area contributed by atoms with Gasteiger partial charge in [-0.05, 0) is 68.4 Å². The summed E-state index contributed by atoms with van der Waals surface area (Å²) in [5.41, 5.74) is 9.90. The van der Waals surface area contributed by atoms with Crippen LogP contribution in [0, 0.1) is 0 Å². The standard InChI is InChI=1S/C42H38N4O2S6/c1-39(2,3)22-14-13-21(33-34(22)46-54-45-33)29-17-25-37(51-29)35-23(41(7,8)47-25)15-27(49-35)19-11-12-20(32-31(19)43-53-44-32)28-16-24-36(50-28)38-26(48-42(24,9)10)18-30(52-38)40(4,5)6/h11-18H,1-10H3. The number of hydrogen-bond donors (Lipinski definition) is 0. The fraction of sp³-hybridized carbons (Fsp3) is 0.333. The molecule has 8 heterocycles. The molecular formula is C42H38N4O2S6. The number of ether oxygens (including phenoxy) is 2. The molecule has 0 bridgehead atoms. The van der Waals surface area contributed by atoms with Gasteiger partial charge in [0.05, 0.1) is 43.0 Å². The maximum Gasteiger partial charge on any atom is 0.140 e. The van der Waals surface area contributed by atoms with Crippen LogP contribution >= 0.6 is 68.8 Å². The first-order valence-corrected chi connectivity index (χ1v) is 22.7. The van der Waals surface area contributed by atoms with Crippen molar-refractivity contribution in [2.45, 2.75) is 91.3 Å². The summed E-state index contributed by atoms with van der Waals surface area (Å²) in [6, 6.07) is 18.0. The molecule has 0 atom stereocenters. The molecule has 0 saturated heterocycles. The van der Waals surface area contributed by atoms with Gasteiger partial charge in [-0.25, -0.2) is 0 Å². The molecule has 0 fully saturated rings. The summed E-state index contributed by atoms with van der Waals surface area (Å²) in [5, 5.41) is 0. The number of fused-ring (bicyclic) bond motifs is 8. The highest BCUT2D eigenvalue weighted by Crippen LogP contribution is 2.58. The molecule has 0 radical (unpaired) electrons. The number of benzene rings is 2. The summed E-state index contributed by atoms with van der Waals surface area (Å²) in [6.07, 6.45) is 0. The third-order valence-corrected chi connectivity index (χ3v) is 16.9. The quantitative estimate of drug-likeness (QED) is 0.177. The van der Waals surface area contributed by atoms with Crippen molar-refractivity contribution < 1.29 is 9.47 Å². The van der Waals surface area contributed by atoms with E-state index in [9.17, 15) is 0 Å². The molecule has 0 aliphatic carbocycles. The van der Waals surface area contributed by atoms with Crippen LogP contribution in [-0.4, -0.2) is 17.5 Å². The topological polar surface area (TPSA) is 70.0 Å². The molecule has 8 aromatic rings. The lowest BCUT2D eigenvalue weighted by Crippen LogP contribution is -2.27. The average Bonchev–Trinajstić information content (AvgIpc) is 3.91. The molecule has 0 amide bonds. The molecule has 0 unspecified atom stereocenters. The smallest absolute Gasteiger partial charge is 0.140 e. The van der Waals surface area contributed by atoms with Crippen molar-refractivity contribution in [3.63, 3.8) is 0 Å². The Labute approximate surface area is 339 Å². The van der Waals surface area contributed by atoms with Crippen LogP contribution < -0.4 is 9.47 Å².